The number of fused-ring (bicyclic) bond motifs is 1. The first-order chi connectivity index (χ1) is 13.9. The number of ether oxygens (including phenoxy) is 3. The Kier molecular flexibility index (Phi) is 6.43. The third kappa shape index (κ3) is 4.71. The van der Waals surface area contributed by atoms with E-state index in [0.717, 1.165) is 15.4 Å². The number of esters is 1. The van der Waals surface area contributed by atoms with Crippen molar-refractivity contribution in [1.29, 1.82) is 0 Å². The fourth-order valence-electron chi connectivity index (χ4n) is 2.89. The Morgan fingerprint density at radius 2 is 1.72 bits per heavy atom. The van der Waals surface area contributed by atoms with Gasteiger partial charge in [0.25, 0.3) is 5.91 Å². The van der Waals surface area contributed by atoms with Gasteiger partial charge < -0.3 is 23.5 Å². The zero-order valence-corrected chi connectivity index (χ0v) is 17.8. The van der Waals surface area contributed by atoms with Gasteiger partial charge in [-0.05, 0) is 45.8 Å². The molecule has 29 heavy (non-hydrogen) atoms. The quantitative estimate of drug-likeness (QED) is 0.494. The van der Waals surface area contributed by atoms with Crippen LogP contribution in [0.3, 0.4) is 0 Å². The van der Waals surface area contributed by atoms with Gasteiger partial charge in [0.15, 0.2) is 5.76 Å². The SMILES string of the molecule is COC(=O)CN(Cc1cc(OC)cc(OC)c1)C(=O)c1cc2cccc(Br)c2o1. The highest BCUT2D eigenvalue weighted by molar-refractivity contribution is 9.10. The minimum atomic E-state index is -0.537. The molecule has 0 saturated carbocycles. The van der Waals surface area contributed by atoms with Gasteiger partial charge in [0.2, 0.25) is 0 Å². The molecule has 0 N–H and O–H groups in total. The van der Waals surface area contributed by atoms with Crippen LogP contribution in [0.2, 0.25) is 0 Å². The molecule has 0 bridgehead atoms. The van der Waals surface area contributed by atoms with Gasteiger partial charge in [0.05, 0.1) is 25.8 Å². The summed E-state index contributed by atoms with van der Waals surface area (Å²) < 4.78 is 21.8. The number of hydrogen-bond acceptors (Lipinski definition) is 6. The molecule has 152 valence electrons. The van der Waals surface area contributed by atoms with Gasteiger partial charge in [-0.15, -0.1) is 0 Å². The summed E-state index contributed by atoms with van der Waals surface area (Å²) in [6.45, 7) is -0.0905. The van der Waals surface area contributed by atoms with Crippen LogP contribution in [0.15, 0.2) is 51.4 Å². The van der Waals surface area contributed by atoms with E-state index >= 15 is 0 Å². The number of methoxy groups -OCH3 is 3. The number of nitrogens with zero attached hydrogens (tertiary/aromatic N) is 1. The van der Waals surface area contributed by atoms with E-state index in [0.29, 0.717) is 17.1 Å². The van der Waals surface area contributed by atoms with Crippen LogP contribution in [-0.2, 0) is 16.1 Å². The second kappa shape index (κ2) is 9.00. The van der Waals surface area contributed by atoms with Crippen molar-refractivity contribution in [2.45, 2.75) is 6.54 Å². The molecular weight excluding hydrogens is 442 g/mol. The number of furan rings is 1. The van der Waals surface area contributed by atoms with Crippen LogP contribution >= 0.6 is 15.9 Å². The van der Waals surface area contributed by atoms with E-state index in [1.807, 2.05) is 18.2 Å². The number of carbonyl (C=O) groups is 2. The van der Waals surface area contributed by atoms with Crippen LogP contribution in [0.4, 0.5) is 0 Å². The Labute approximate surface area is 176 Å². The Morgan fingerprint density at radius 1 is 1.03 bits per heavy atom. The van der Waals surface area contributed by atoms with Crippen molar-refractivity contribution in [3.63, 3.8) is 0 Å². The smallest absolute Gasteiger partial charge is 0.325 e. The zero-order valence-electron chi connectivity index (χ0n) is 16.2. The first-order valence-electron chi connectivity index (χ1n) is 8.71. The largest absolute Gasteiger partial charge is 0.497 e. The summed E-state index contributed by atoms with van der Waals surface area (Å²) in [6, 6.07) is 12.5. The van der Waals surface area contributed by atoms with E-state index in [-0.39, 0.29) is 18.8 Å². The van der Waals surface area contributed by atoms with Crippen LogP contribution in [0.5, 0.6) is 11.5 Å². The standard InChI is InChI=1S/C21H20BrNO6/c1-26-15-7-13(8-16(10-15)27-2)11-23(12-19(24)28-3)21(25)18-9-14-5-4-6-17(22)20(14)29-18/h4-10H,11-12H2,1-3H3. The highest BCUT2D eigenvalue weighted by Gasteiger charge is 2.24. The van der Waals surface area contributed by atoms with E-state index in [1.165, 1.54) is 12.0 Å². The van der Waals surface area contributed by atoms with E-state index in [9.17, 15) is 9.59 Å². The summed E-state index contributed by atoms with van der Waals surface area (Å²) >= 11 is 3.41. The van der Waals surface area contributed by atoms with Crippen LogP contribution in [0.1, 0.15) is 16.1 Å². The van der Waals surface area contributed by atoms with E-state index in [1.54, 1.807) is 38.5 Å². The van der Waals surface area contributed by atoms with Gasteiger partial charge >= 0.3 is 5.97 Å². The van der Waals surface area contributed by atoms with Gasteiger partial charge in [-0.2, -0.15) is 0 Å². The monoisotopic (exact) mass is 461 g/mol. The van der Waals surface area contributed by atoms with E-state index in [2.05, 4.69) is 15.9 Å². The molecule has 0 saturated heterocycles. The van der Waals surface area contributed by atoms with Crippen molar-refractivity contribution in [3.8, 4) is 11.5 Å². The lowest BCUT2D eigenvalue weighted by molar-refractivity contribution is -0.141. The first-order valence-corrected chi connectivity index (χ1v) is 9.50. The normalized spacial score (nSPS) is 10.6. The van der Waals surface area contributed by atoms with E-state index < -0.39 is 11.9 Å². The van der Waals surface area contributed by atoms with Gasteiger partial charge in [-0.3, -0.25) is 9.59 Å². The molecule has 0 aliphatic rings. The Balaban J connectivity index is 1.95. The van der Waals surface area contributed by atoms with Crippen molar-refractivity contribution >= 4 is 38.8 Å². The van der Waals surface area contributed by atoms with Crippen molar-refractivity contribution in [2.24, 2.45) is 0 Å². The average Bonchev–Trinajstić information content (AvgIpc) is 3.18. The number of halogens is 1. The van der Waals surface area contributed by atoms with Crippen molar-refractivity contribution in [3.05, 3.63) is 58.3 Å². The maximum atomic E-state index is 13.1. The number of rotatable bonds is 7. The minimum absolute atomic E-state index is 0.130. The maximum absolute atomic E-state index is 13.1. The molecule has 0 aliphatic carbocycles. The fraction of sp³-hybridized carbons (Fsp3) is 0.238. The number of benzene rings is 2. The maximum Gasteiger partial charge on any atom is 0.325 e. The fourth-order valence-corrected chi connectivity index (χ4v) is 3.35. The zero-order chi connectivity index (χ0) is 21.0. The molecule has 1 aromatic heterocycles. The first kappa shape index (κ1) is 20.7. The summed E-state index contributed by atoms with van der Waals surface area (Å²) in [6.07, 6.45) is 0. The van der Waals surface area contributed by atoms with Gasteiger partial charge in [0, 0.05) is 18.0 Å². The van der Waals surface area contributed by atoms with Gasteiger partial charge in [0.1, 0.15) is 23.6 Å². The lowest BCUT2D eigenvalue weighted by atomic mass is 10.1. The highest BCUT2D eigenvalue weighted by atomic mass is 79.9. The molecule has 0 radical (unpaired) electrons. The predicted octanol–water partition coefficient (Wildman–Crippen LogP) is 4.03. The van der Waals surface area contributed by atoms with Crippen molar-refractivity contribution < 1.29 is 28.2 Å². The Hall–Kier alpha value is -3.00. The molecule has 0 aliphatic heterocycles. The number of para-hydroxylation sites is 1. The highest BCUT2D eigenvalue weighted by Crippen LogP contribution is 2.28. The average molecular weight is 462 g/mol. The molecule has 0 spiro atoms. The van der Waals surface area contributed by atoms with Gasteiger partial charge in [-0.25, -0.2) is 0 Å². The number of carbonyl (C=O) groups excluding carboxylic acids is 2. The van der Waals surface area contributed by atoms with Crippen molar-refractivity contribution in [1.82, 2.24) is 4.90 Å². The Bertz CT molecular complexity index is 1020. The van der Waals surface area contributed by atoms with Crippen LogP contribution in [0, 0.1) is 0 Å². The third-order valence-electron chi connectivity index (χ3n) is 4.33. The summed E-state index contributed by atoms with van der Waals surface area (Å²) in [7, 11) is 4.36. The lowest BCUT2D eigenvalue weighted by Gasteiger charge is -2.21. The molecular formula is C21H20BrNO6. The van der Waals surface area contributed by atoms with Gasteiger partial charge in [-0.1, -0.05) is 12.1 Å². The topological polar surface area (TPSA) is 78.2 Å². The molecule has 2 aromatic carbocycles. The van der Waals surface area contributed by atoms with E-state index in [4.69, 9.17) is 18.6 Å². The number of amides is 1. The van der Waals surface area contributed by atoms with Crippen LogP contribution in [-0.4, -0.2) is 44.7 Å². The third-order valence-corrected chi connectivity index (χ3v) is 4.95. The molecule has 7 nitrogen and oxygen atoms in total. The summed E-state index contributed by atoms with van der Waals surface area (Å²) in [5.41, 5.74) is 1.30. The molecule has 3 aromatic rings. The summed E-state index contributed by atoms with van der Waals surface area (Å²) in [4.78, 5) is 26.4. The lowest BCUT2D eigenvalue weighted by Crippen LogP contribution is -2.35. The Morgan fingerprint density at radius 3 is 2.31 bits per heavy atom. The van der Waals surface area contributed by atoms with Crippen molar-refractivity contribution in [2.75, 3.05) is 27.9 Å². The molecule has 3 rings (SSSR count). The molecule has 0 fully saturated rings. The summed E-state index contributed by atoms with van der Waals surface area (Å²) in [5, 5.41) is 0.781. The van der Waals surface area contributed by atoms with Crippen LogP contribution in [0.25, 0.3) is 11.0 Å². The molecule has 0 atom stereocenters. The predicted molar refractivity (Wildman–Crippen MR) is 110 cm³/mol. The summed E-state index contributed by atoms with van der Waals surface area (Å²) in [5.74, 6) is 0.325. The molecule has 1 amide bonds. The minimum Gasteiger partial charge on any atom is -0.497 e. The molecule has 0 unspecified atom stereocenters. The van der Waals surface area contributed by atoms with Crippen LogP contribution < -0.4 is 9.47 Å². The molecule has 8 heteroatoms. The second-order valence-corrected chi connectivity index (χ2v) is 7.08. The number of hydrogen-bond donors (Lipinski definition) is 0. The molecule has 1 heterocycles. The second-order valence-electron chi connectivity index (χ2n) is 6.23.